The summed E-state index contributed by atoms with van der Waals surface area (Å²) >= 11 is 1.40. The lowest BCUT2D eigenvalue weighted by molar-refractivity contribution is -0.111. The molecule has 0 aliphatic rings. The van der Waals surface area contributed by atoms with Gasteiger partial charge in [0, 0.05) is 35.3 Å². The number of amides is 1. The van der Waals surface area contributed by atoms with Gasteiger partial charge >= 0.3 is 0 Å². The molecule has 2 aromatic carbocycles. The van der Waals surface area contributed by atoms with Gasteiger partial charge in [-0.2, -0.15) is 5.26 Å². The van der Waals surface area contributed by atoms with Crippen LogP contribution in [-0.2, 0) is 11.3 Å². The predicted molar refractivity (Wildman–Crippen MR) is 116 cm³/mol. The van der Waals surface area contributed by atoms with Gasteiger partial charge in [-0.25, -0.2) is 4.98 Å². The van der Waals surface area contributed by atoms with E-state index < -0.39 is 0 Å². The fourth-order valence-electron chi connectivity index (χ4n) is 3.22. The lowest BCUT2D eigenvalue weighted by Crippen LogP contribution is -2.07. The van der Waals surface area contributed by atoms with E-state index in [2.05, 4.69) is 16.4 Å². The lowest BCUT2D eigenvalue weighted by Gasteiger charge is -2.00. The van der Waals surface area contributed by atoms with Crippen LogP contribution >= 0.6 is 11.3 Å². The molecule has 0 saturated carbocycles. The summed E-state index contributed by atoms with van der Waals surface area (Å²) in [5.41, 5.74) is 2.71. The number of thiazole rings is 1. The second kappa shape index (κ2) is 8.17. The quantitative estimate of drug-likeness (QED) is 0.469. The molecule has 4 rings (SSSR count). The number of aryl methyl sites for hydroxylation is 1. The second-order valence-electron chi connectivity index (χ2n) is 6.35. The maximum Gasteiger partial charge on any atom is 0.250 e. The first-order valence-corrected chi connectivity index (χ1v) is 9.88. The van der Waals surface area contributed by atoms with E-state index in [-0.39, 0.29) is 5.91 Å². The van der Waals surface area contributed by atoms with Crippen LogP contribution in [0, 0.1) is 11.3 Å². The number of carbonyl (C=O) groups excluding carboxylic acids is 1. The topological polar surface area (TPSA) is 79.9 Å². The highest BCUT2D eigenvalue weighted by Crippen LogP contribution is 2.32. The Hall–Kier alpha value is -3.63. The molecule has 0 unspecified atom stereocenters. The molecule has 2 aromatic heterocycles. The lowest BCUT2D eigenvalue weighted by atomic mass is 10.1. The van der Waals surface area contributed by atoms with Crippen molar-refractivity contribution < 1.29 is 9.53 Å². The van der Waals surface area contributed by atoms with Crippen LogP contribution in [0.3, 0.4) is 0 Å². The molecule has 6 nitrogen and oxygen atoms in total. The van der Waals surface area contributed by atoms with Gasteiger partial charge in [-0.3, -0.25) is 10.1 Å². The number of nitrogens with one attached hydrogen (secondary N) is 1. The maximum absolute atomic E-state index is 12.4. The standard InChI is InChI=1S/C22H18N4O2S/c1-28-18-8-4-9-19-21(18)25-22(29-19)24-20(27)11-10-15-14-26(13-5-12-23)17-7-3-2-6-16(15)17/h2-4,6-11,14H,5,13H2,1H3,(H,24,25,27)/b11-10+. The molecule has 0 saturated heterocycles. The summed E-state index contributed by atoms with van der Waals surface area (Å²) in [6.07, 6.45) is 5.69. The maximum atomic E-state index is 12.4. The molecule has 29 heavy (non-hydrogen) atoms. The number of methoxy groups -OCH3 is 1. The van der Waals surface area contributed by atoms with Crippen molar-refractivity contribution >= 4 is 49.6 Å². The Balaban J connectivity index is 1.55. The summed E-state index contributed by atoms with van der Waals surface area (Å²) in [4.78, 5) is 16.9. The summed E-state index contributed by atoms with van der Waals surface area (Å²) in [5.74, 6) is 0.428. The van der Waals surface area contributed by atoms with Gasteiger partial charge in [0.15, 0.2) is 5.13 Å². The van der Waals surface area contributed by atoms with E-state index in [9.17, 15) is 4.79 Å². The van der Waals surface area contributed by atoms with Gasteiger partial charge in [0.2, 0.25) is 5.91 Å². The van der Waals surface area contributed by atoms with Crippen molar-refractivity contribution in [1.82, 2.24) is 9.55 Å². The van der Waals surface area contributed by atoms with Crippen molar-refractivity contribution in [3.63, 3.8) is 0 Å². The normalized spacial score (nSPS) is 11.2. The predicted octanol–water partition coefficient (Wildman–Crippen LogP) is 4.83. The van der Waals surface area contributed by atoms with Crippen molar-refractivity contribution in [3.8, 4) is 11.8 Å². The first-order chi connectivity index (χ1) is 14.2. The van der Waals surface area contributed by atoms with Gasteiger partial charge in [0.25, 0.3) is 0 Å². The van der Waals surface area contributed by atoms with Gasteiger partial charge in [-0.05, 0) is 24.3 Å². The summed E-state index contributed by atoms with van der Waals surface area (Å²) < 4.78 is 8.30. The molecule has 4 aromatic rings. The van der Waals surface area contributed by atoms with Gasteiger partial charge in [0.05, 0.1) is 24.3 Å². The Labute approximate surface area is 171 Å². The molecule has 0 atom stereocenters. The molecule has 0 fully saturated rings. The minimum atomic E-state index is -0.253. The molecule has 0 spiro atoms. The van der Waals surface area contributed by atoms with Crippen molar-refractivity contribution in [2.24, 2.45) is 0 Å². The molecule has 7 heteroatoms. The van der Waals surface area contributed by atoms with Crippen molar-refractivity contribution in [1.29, 1.82) is 5.26 Å². The SMILES string of the molecule is COc1cccc2sc(NC(=O)/C=C/c3cn(CCC#N)c4ccccc34)nc12. The van der Waals surface area contributed by atoms with E-state index in [1.807, 2.05) is 53.2 Å². The average Bonchev–Trinajstić information content (AvgIpc) is 3.31. The van der Waals surface area contributed by atoms with Crippen LogP contribution in [0.2, 0.25) is 0 Å². The number of hydrogen-bond donors (Lipinski definition) is 1. The van der Waals surface area contributed by atoms with Gasteiger partial charge < -0.3 is 9.30 Å². The number of hydrogen-bond acceptors (Lipinski definition) is 5. The first-order valence-electron chi connectivity index (χ1n) is 9.07. The second-order valence-corrected chi connectivity index (χ2v) is 7.38. The molecule has 0 radical (unpaired) electrons. The van der Waals surface area contributed by atoms with Crippen LogP contribution in [0.15, 0.2) is 54.7 Å². The summed E-state index contributed by atoms with van der Waals surface area (Å²) in [6.45, 7) is 0.616. The van der Waals surface area contributed by atoms with Crippen LogP contribution in [0.1, 0.15) is 12.0 Å². The summed E-state index contributed by atoms with van der Waals surface area (Å²) in [6, 6.07) is 15.8. The molecule has 1 amide bonds. The fourth-order valence-corrected chi connectivity index (χ4v) is 4.10. The third kappa shape index (κ3) is 3.84. The highest BCUT2D eigenvalue weighted by atomic mass is 32.1. The largest absolute Gasteiger partial charge is 0.494 e. The smallest absolute Gasteiger partial charge is 0.250 e. The number of fused-ring (bicyclic) bond motifs is 2. The van der Waals surface area contributed by atoms with Crippen LogP contribution in [0.25, 0.3) is 27.2 Å². The monoisotopic (exact) mass is 402 g/mol. The number of benzene rings is 2. The van der Waals surface area contributed by atoms with Gasteiger partial charge in [-0.15, -0.1) is 0 Å². The molecule has 2 heterocycles. The molecule has 0 aliphatic heterocycles. The number of ether oxygens (including phenoxy) is 1. The van der Waals surface area contributed by atoms with Crippen molar-refractivity contribution in [3.05, 3.63) is 60.3 Å². The third-order valence-corrected chi connectivity index (χ3v) is 5.47. The van der Waals surface area contributed by atoms with Crippen LogP contribution in [-0.4, -0.2) is 22.6 Å². The molecule has 1 N–H and O–H groups in total. The number of nitrogens with zero attached hydrogens (tertiary/aromatic N) is 3. The number of para-hydroxylation sites is 2. The highest BCUT2D eigenvalue weighted by Gasteiger charge is 2.10. The zero-order chi connectivity index (χ0) is 20.2. The van der Waals surface area contributed by atoms with E-state index in [0.29, 0.717) is 23.8 Å². The van der Waals surface area contributed by atoms with Crippen molar-refractivity contribution in [2.45, 2.75) is 13.0 Å². The van der Waals surface area contributed by atoms with Gasteiger partial charge in [-0.1, -0.05) is 35.6 Å². The molecular formula is C22H18N4O2S. The number of anilines is 1. The fraction of sp³-hybridized carbons (Fsp3) is 0.136. The Morgan fingerprint density at radius 1 is 1.31 bits per heavy atom. The molecule has 144 valence electrons. The Kier molecular flexibility index (Phi) is 5.27. The number of carbonyl (C=O) groups is 1. The zero-order valence-corrected chi connectivity index (χ0v) is 16.6. The van der Waals surface area contributed by atoms with E-state index >= 15 is 0 Å². The van der Waals surface area contributed by atoms with E-state index in [1.165, 1.54) is 17.4 Å². The first kappa shape index (κ1) is 18.7. The molecule has 0 bridgehead atoms. The minimum absolute atomic E-state index is 0.253. The number of nitriles is 1. The van der Waals surface area contributed by atoms with Crippen LogP contribution < -0.4 is 10.1 Å². The van der Waals surface area contributed by atoms with Crippen LogP contribution in [0.5, 0.6) is 5.75 Å². The number of rotatable bonds is 6. The summed E-state index contributed by atoms with van der Waals surface area (Å²) in [5, 5.41) is 13.2. The molecule has 0 aliphatic carbocycles. The minimum Gasteiger partial charge on any atom is -0.494 e. The van der Waals surface area contributed by atoms with E-state index in [4.69, 9.17) is 10.00 Å². The highest BCUT2D eigenvalue weighted by molar-refractivity contribution is 7.22. The molecular weight excluding hydrogens is 384 g/mol. The average molecular weight is 402 g/mol. The zero-order valence-electron chi connectivity index (χ0n) is 15.8. The van der Waals surface area contributed by atoms with E-state index in [1.54, 1.807) is 13.2 Å². The Bertz CT molecular complexity index is 1260. The third-order valence-electron chi connectivity index (χ3n) is 4.53. The van der Waals surface area contributed by atoms with E-state index in [0.717, 1.165) is 26.7 Å². The van der Waals surface area contributed by atoms with Gasteiger partial charge in [0.1, 0.15) is 11.3 Å². The van der Waals surface area contributed by atoms with Crippen molar-refractivity contribution in [2.75, 3.05) is 12.4 Å². The Morgan fingerprint density at radius 2 is 2.17 bits per heavy atom. The summed E-state index contributed by atoms with van der Waals surface area (Å²) in [7, 11) is 1.60. The Morgan fingerprint density at radius 3 is 3.00 bits per heavy atom. The van der Waals surface area contributed by atoms with Crippen LogP contribution in [0.4, 0.5) is 5.13 Å². The number of aromatic nitrogens is 2.